The van der Waals surface area contributed by atoms with E-state index in [4.69, 9.17) is 9.47 Å². The van der Waals surface area contributed by atoms with E-state index in [0.29, 0.717) is 41.4 Å². The van der Waals surface area contributed by atoms with Gasteiger partial charge in [-0.15, -0.1) is 0 Å². The Kier molecular flexibility index (Phi) is 6.11. The van der Waals surface area contributed by atoms with Crippen LogP contribution in [0.3, 0.4) is 0 Å². The number of hydrogen-bond donors (Lipinski definition) is 2. The van der Waals surface area contributed by atoms with Crippen LogP contribution in [0.25, 0.3) is 21.9 Å². The molecule has 0 spiro atoms. The standard InChI is InChI=1S/C28H26N2O5/c1-34-24-10-20-9-21(15-31)23(16-32)28(22(20)13-25(24)35-2)18-7-8-29-26(11-18)30-14-19-6-4-3-5-17(19)12-27(30)33/h3-11,13,31-32H,12,14-16H2,1-2H3. The summed E-state index contributed by atoms with van der Waals surface area (Å²) in [7, 11) is 3.14. The van der Waals surface area contributed by atoms with Gasteiger partial charge in [0.25, 0.3) is 0 Å². The number of carbonyl (C=O) groups excluding carboxylic acids is 1. The minimum absolute atomic E-state index is 0.0175. The zero-order valence-corrected chi connectivity index (χ0v) is 19.6. The number of aliphatic hydroxyl groups excluding tert-OH is 2. The molecule has 2 heterocycles. The summed E-state index contributed by atoms with van der Waals surface area (Å²) >= 11 is 0. The third-order valence-corrected chi connectivity index (χ3v) is 6.57. The third kappa shape index (κ3) is 3.99. The van der Waals surface area contributed by atoms with E-state index < -0.39 is 0 Å². The fourth-order valence-corrected chi connectivity index (χ4v) is 4.81. The van der Waals surface area contributed by atoms with Crippen molar-refractivity contribution >= 4 is 22.5 Å². The first-order valence-corrected chi connectivity index (χ1v) is 11.3. The predicted octanol–water partition coefficient (Wildman–Crippen LogP) is 3.99. The predicted molar refractivity (Wildman–Crippen MR) is 133 cm³/mol. The van der Waals surface area contributed by atoms with E-state index in [1.54, 1.807) is 25.3 Å². The van der Waals surface area contributed by atoms with Crippen molar-refractivity contribution in [2.24, 2.45) is 0 Å². The van der Waals surface area contributed by atoms with Gasteiger partial charge in [0.1, 0.15) is 5.82 Å². The van der Waals surface area contributed by atoms with Gasteiger partial charge in [-0.2, -0.15) is 0 Å². The first kappa shape index (κ1) is 22.8. The maximum atomic E-state index is 13.0. The van der Waals surface area contributed by atoms with E-state index >= 15 is 0 Å². The van der Waals surface area contributed by atoms with Gasteiger partial charge in [0.15, 0.2) is 11.5 Å². The Bertz CT molecular complexity index is 1430. The summed E-state index contributed by atoms with van der Waals surface area (Å²) in [5.41, 5.74) is 4.89. The summed E-state index contributed by atoms with van der Waals surface area (Å²) in [5.74, 6) is 1.64. The van der Waals surface area contributed by atoms with Crippen molar-refractivity contribution in [3.8, 4) is 22.6 Å². The highest BCUT2D eigenvalue weighted by atomic mass is 16.5. The average Bonchev–Trinajstić information content (AvgIpc) is 2.90. The van der Waals surface area contributed by atoms with Gasteiger partial charge in [-0.05, 0) is 74.5 Å². The lowest BCUT2D eigenvalue weighted by atomic mass is 9.90. The van der Waals surface area contributed by atoms with E-state index in [0.717, 1.165) is 33.0 Å². The highest BCUT2D eigenvalue weighted by molar-refractivity contribution is 6.02. The molecule has 178 valence electrons. The maximum absolute atomic E-state index is 13.0. The Balaban J connectivity index is 1.69. The topological polar surface area (TPSA) is 92.1 Å². The molecule has 7 nitrogen and oxygen atoms in total. The molecule has 1 aromatic heterocycles. The number of anilines is 1. The fraction of sp³-hybridized carbons (Fsp3) is 0.214. The number of aromatic nitrogens is 1. The van der Waals surface area contributed by atoms with Crippen molar-refractivity contribution < 1.29 is 24.5 Å². The molecule has 5 rings (SSSR count). The molecule has 2 N–H and O–H groups in total. The van der Waals surface area contributed by atoms with Crippen LogP contribution in [0.1, 0.15) is 22.3 Å². The smallest absolute Gasteiger partial charge is 0.232 e. The van der Waals surface area contributed by atoms with Crippen LogP contribution in [0, 0.1) is 0 Å². The van der Waals surface area contributed by atoms with Crippen LogP contribution >= 0.6 is 0 Å². The van der Waals surface area contributed by atoms with E-state index in [1.165, 1.54) is 0 Å². The number of rotatable bonds is 6. The largest absolute Gasteiger partial charge is 0.493 e. The van der Waals surface area contributed by atoms with Crippen LogP contribution in [-0.2, 0) is 31.0 Å². The van der Waals surface area contributed by atoms with Crippen LogP contribution in [0.4, 0.5) is 5.82 Å². The average molecular weight is 471 g/mol. The number of aliphatic hydroxyl groups is 2. The van der Waals surface area contributed by atoms with Crippen LogP contribution in [0.2, 0.25) is 0 Å². The molecule has 7 heteroatoms. The van der Waals surface area contributed by atoms with Crippen molar-refractivity contribution in [2.75, 3.05) is 19.1 Å². The second-order valence-electron chi connectivity index (χ2n) is 8.46. The fourth-order valence-electron chi connectivity index (χ4n) is 4.81. The van der Waals surface area contributed by atoms with E-state index in [2.05, 4.69) is 4.98 Å². The molecule has 0 saturated carbocycles. The number of ether oxygens (including phenoxy) is 2. The van der Waals surface area contributed by atoms with Crippen molar-refractivity contribution in [1.29, 1.82) is 0 Å². The van der Waals surface area contributed by atoms with Crippen LogP contribution in [-0.4, -0.2) is 35.3 Å². The van der Waals surface area contributed by atoms with Gasteiger partial charge in [0.2, 0.25) is 5.91 Å². The monoisotopic (exact) mass is 470 g/mol. The molecule has 0 bridgehead atoms. The molecule has 0 atom stereocenters. The second kappa shape index (κ2) is 9.37. The number of fused-ring (bicyclic) bond motifs is 2. The van der Waals surface area contributed by atoms with E-state index in [-0.39, 0.29) is 19.1 Å². The summed E-state index contributed by atoms with van der Waals surface area (Å²) in [6, 6.07) is 17.2. The molecular weight excluding hydrogens is 444 g/mol. The Hall–Kier alpha value is -3.94. The van der Waals surface area contributed by atoms with Gasteiger partial charge in [0.05, 0.1) is 40.4 Å². The normalized spacial score (nSPS) is 13.1. The summed E-state index contributed by atoms with van der Waals surface area (Å²) in [5, 5.41) is 22.0. The van der Waals surface area contributed by atoms with Crippen molar-refractivity contribution in [2.45, 2.75) is 26.2 Å². The molecule has 1 amide bonds. The van der Waals surface area contributed by atoms with Gasteiger partial charge in [-0.1, -0.05) is 24.3 Å². The molecule has 0 radical (unpaired) electrons. The lowest BCUT2D eigenvalue weighted by Crippen LogP contribution is -2.36. The second-order valence-corrected chi connectivity index (χ2v) is 8.46. The lowest BCUT2D eigenvalue weighted by Gasteiger charge is -2.28. The van der Waals surface area contributed by atoms with E-state index in [9.17, 15) is 15.0 Å². The highest BCUT2D eigenvalue weighted by Crippen LogP contribution is 2.41. The number of amides is 1. The first-order chi connectivity index (χ1) is 17.1. The Labute approximate surface area is 203 Å². The quantitative estimate of drug-likeness (QED) is 0.443. The SMILES string of the molecule is COc1cc2cc(CO)c(CO)c(-c3ccnc(N4Cc5ccccc5CC4=O)c3)c2cc1OC. The summed E-state index contributed by atoms with van der Waals surface area (Å²) in [6.07, 6.45) is 1.99. The maximum Gasteiger partial charge on any atom is 0.232 e. The molecule has 1 aliphatic rings. The first-order valence-electron chi connectivity index (χ1n) is 11.3. The van der Waals surface area contributed by atoms with Gasteiger partial charge in [0, 0.05) is 6.20 Å². The number of carbonyl (C=O) groups is 1. The summed E-state index contributed by atoms with van der Waals surface area (Å²) in [4.78, 5) is 19.2. The summed E-state index contributed by atoms with van der Waals surface area (Å²) in [6.45, 7) is -0.0452. The van der Waals surface area contributed by atoms with Crippen LogP contribution < -0.4 is 14.4 Å². The van der Waals surface area contributed by atoms with Gasteiger partial charge in [-0.25, -0.2) is 4.98 Å². The Morgan fingerprint density at radius 1 is 0.943 bits per heavy atom. The molecular formula is C28H26N2O5. The molecule has 1 aliphatic heterocycles. The molecule has 35 heavy (non-hydrogen) atoms. The number of pyridine rings is 1. The van der Waals surface area contributed by atoms with Crippen LogP contribution in [0.5, 0.6) is 11.5 Å². The van der Waals surface area contributed by atoms with E-state index in [1.807, 2.05) is 54.6 Å². The minimum atomic E-state index is -0.261. The zero-order chi connectivity index (χ0) is 24.5. The van der Waals surface area contributed by atoms with Crippen LogP contribution in [0.15, 0.2) is 60.8 Å². The molecule has 0 fully saturated rings. The van der Waals surface area contributed by atoms with Gasteiger partial charge >= 0.3 is 0 Å². The highest BCUT2D eigenvalue weighted by Gasteiger charge is 2.26. The Morgan fingerprint density at radius 3 is 2.40 bits per heavy atom. The minimum Gasteiger partial charge on any atom is -0.493 e. The Morgan fingerprint density at radius 2 is 1.69 bits per heavy atom. The lowest BCUT2D eigenvalue weighted by molar-refractivity contribution is -0.118. The van der Waals surface area contributed by atoms with Gasteiger partial charge in [-0.3, -0.25) is 9.69 Å². The molecule has 4 aromatic rings. The summed E-state index contributed by atoms with van der Waals surface area (Å²) < 4.78 is 11.0. The van der Waals surface area contributed by atoms with Crippen molar-refractivity contribution in [3.05, 3.63) is 83.0 Å². The van der Waals surface area contributed by atoms with Crippen molar-refractivity contribution in [3.63, 3.8) is 0 Å². The molecule has 0 saturated heterocycles. The number of nitrogens with zero attached hydrogens (tertiary/aromatic N) is 2. The number of benzene rings is 3. The molecule has 3 aromatic carbocycles. The third-order valence-electron chi connectivity index (χ3n) is 6.57. The van der Waals surface area contributed by atoms with Gasteiger partial charge < -0.3 is 19.7 Å². The zero-order valence-electron chi connectivity index (χ0n) is 19.6. The van der Waals surface area contributed by atoms with Crippen molar-refractivity contribution in [1.82, 2.24) is 4.98 Å². The molecule has 0 unspecified atom stereocenters. The number of hydrogen-bond acceptors (Lipinski definition) is 6. The number of methoxy groups -OCH3 is 2. The molecule has 0 aliphatic carbocycles.